The van der Waals surface area contributed by atoms with Crippen molar-refractivity contribution in [1.82, 2.24) is 23.7 Å². The molecule has 0 aliphatic carbocycles. The number of piperidine rings is 2. The van der Waals surface area contributed by atoms with Crippen molar-refractivity contribution in [3.05, 3.63) is 39.0 Å². The Labute approximate surface area is 253 Å². The van der Waals surface area contributed by atoms with Crippen LogP contribution in [0.1, 0.15) is 65.7 Å². The zero-order valence-corrected chi connectivity index (χ0v) is 26.7. The van der Waals surface area contributed by atoms with Crippen molar-refractivity contribution in [2.24, 2.45) is 37.8 Å². The number of hydrogen-bond acceptors (Lipinski definition) is 6. The molecule has 3 fully saturated rings. The van der Waals surface area contributed by atoms with Crippen LogP contribution in [0.25, 0.3) is 10.9 Å². The molecule has 4 heterocycles. The van der Waals surface area contributed by atoms with Crippen LogP contribution < -0.4 is 16.6 Å². The third-order valence-corrected chi connectivity index (χ3v) is 11.7. The van der Waals surface area contributed by atoms with Crippen LogP contribution in [0.3, 0.4) is 0 Å². The summed E-state index contributed by atoms with van der Waals surface area (Å²) in [6, 6.07) is 4.30. The molecule has 1 aromatic heterocycles. The molecular weight excluding hydrogens is 570 g/mol. The van der Waals surface area contributed by atoms with E-state index in [-0.39, 0.29) is 58.5 Å². The van der Waals surface area contributed by atoms with Crippen LogP contribution in [-0.2, 0) is 33.7 Å². The molecular formula is C31H45N5O6S. The highest BCUT2D eigenvalue weighted by Gasteiger charge is 2.45. The average Bonchev–Trinajstić information content (AvgIpc) is 2.97. The Bertz CT molecular complexity index is 1630. The molecule has 0 spiro atoms. The normalized spacial score (nSPS) is 28.1. The van der Waals surface area contributed by atoms with Gasteiger partial charge in [0.2, 0.25) is 21.8 Å². The lowest BCUT2D eigenvalue weighted by molar-refractivity contribution is -0.141. The van der Waals surface area contributed by atoms with Crippen molar-refractivity contribution < 1.29 is 18.0 Å². The molecule has 0 unspecified atom stereocenters. The number of benzene rings is 1. The van der Waals surface area contributed by atoms with Crippen molar-refractivity contribution in [3.8, 4) is 0 Å². The number of amides is 2. The van der Waals surface area contributed by atoms with Crippen LogP contribution in [0.2, 0.25) is 0 Å². The lowest BCUT2D eigenvalue weighted by Gasteiger charge is -2.50. The predicted octanol–water partition coefficient (Wildman–Crippen LogP) is 2.21. The third-order valence-electron chi connectivity index (χ3n) is 9.88. The van der Waals surface area contributed by atoms with Crippen LogP contribution in [0, 0.1) is 23.7 Å². The van der Waals surface area contributed by atoms with E-state index < -0.39 is 21.3 Å². The van der Waals surface area contributed by atoms with Gasteiger partial charge in [0.1, 0.15) is 0 Å². The second-order valence-corrected chi connectivity index (χ2v) is 15.3. The molecule has 1 N–H and O–H groups in total. The van der Waals surface area contributed by atoms with Crippen LogP contribution >= 0.6 is 0 Å². The van der Waals surface area contributed by atoms with Gasteiger partial charge in [-0.15, -0.1) is 0 Å². The van der Waals surface area contributed by atoms with Crippen LogP contribution in [0.5, 0.6) is 0 Å². The molecule has 3 aliphatic rings. The first-order valence-electron chi connectivity index (χ1n) is 15.6. The molecule has 1 aromatic carbocycles. The molecule has 11 nitrogen and oxygen atoms in total. The highest BCUT2D eigenvalue weighted by Crippen LogP contribution is 2.38. The zero-order chi connectivity index (χ0) is 31.2. The molecule has 0 saturated carbocycles. The summed E-state index contributed by atoms with van der Waals surface area (Å²) in [5.41, 5.74) is -0.643. The van der Waals surface area contributed by atoms with Crippen molar-refractivity contribution in [2.75, 3.05) is 19.6 Å². The van der Waals surface area contributed by atoms with Crippen molar-refractivity contribution in [2.45, 2.75) is 82.7 Å². The molecule has 5 rings (SSSR count). The van der Waals surface area contributed by atoms with E-state index in [9.17, 15) is 27.6 Å². The van der Waals surface area contributed by atoms with E-state index in [1.807, 2.05) is 4.90 Å². The van der Waals surface area contributed by atoms with Crippen LogP contribution in [0.15, 0.2) is 32.7 Å². The first kappa shape index (κ1) is 31.4. The smallest absolute Gasteiger partial charge is 0.330 e. The van der Waals surface area contributed by atoms with Gasteiger partial charge < -0.3 is 10.2 Å². The SMILES string of the molecule is CC(C)[C@@H]1CC[C@@H](C)CC(=O)N2C[C@H]3C[C@@H](CN(S(=O)(=O)c4ccc5c(c4)c(=O)n(C)c(=O)n5C)C3)[C@@H]2CCCC(=O)N1. The Morgan fingerprint density at radius 1 is 0.953 bits per heavy atom. The first-order valence-corrected chi connectivity index (χ1v) is 17.0. The van der Waals surface area contributed by atoms with Gasteiger partial charge in [-0.2, -0.15) is 4.31 Å². The molecule has 5 atom stereocenters. The third kappa shape index (κ3) is 6.18. The maximum Gasteiger partial charge on any atom is 0.330 e. The van der Waals surface area contributed by atoms with E-state index in [4.69, 9.17) is 0 Å². The van der Waals surface area contributed by atoms with Gasteiger partial charge in [-0.1, -0.05) is 20.8 Å². The molecule has 0 radical (unpaired) electrons. The fourth-order valence-corrected chi connectivity index (χ4v) is 8.94. The van der Waals surface area contributed by atoms with Gasteiger partial charge in [0.05, 0.1) is 15.8 Å². The molecule has 2 bridgehead atoms. The summed E-state index contributed by atoms with van der Waals surface area (Å²) >= 11 is 0. The van der Waals surface area contributed by atoms with E-state index in [0.29, 0.717) is 50.2 Å². The zero-order valence-electron chi connectivity index (χ0n) is 25.9. The van der Waals surface area contributed by atoms with Crippen molar-refractivity contribution in [1.29, 1.82) is 0 Å². The molecule has 236 valence electrons. The fraction of sp³-hybridized carbons (Fsp3) is 0.677. The van der Waals surface area contributed by atoms with Gasteiger partial charge in [-0.25, -0.2) is 13.2 Å². The second kappa shape index (κ2) is 12.2. The standard InChI is InChI=1S/C31H45N5O6S/c1-19(2)25-11-9-20(3)13-29(38)36-17-21-14-22(26(36)7-6-8-28(37)32-25)18-35(16-21)43(41,42)23-10-12-27-24(15-23)30(39)34(5)31(40)33(27)4/h10,12,15,19-22,25-26H,6-9,11,13-14,16-18H2,1-5H3,(H,32,37)/t20-,21+,22+,25+,26+/m1/s1. The van der Waals surface area contributed by atoms with E-state index in [1.165, 1.54) is 34.1 Å². The highest BCUT2D eigenvalue weighted by atomic mass is 32.2. The number of nitrogens with zero attached hydrogens (tertiary/aromatic N) is 4. The number of aryl methyl sites for hydroxylation is 1. The summed E-state index contributed by atoms with van der Waals surface area (Å²) in [5.74, 6) is 0.609. The predicted molar refractivity (Wildman–Crippen MR) is 164 cm³/mol. The molecule has 12 heteroatoms. The Morgan fingerprint density at radius 2 is 1.70 bits per heavy atom. The highest BCUT2D eigenvalue weighted by molar-refractivity contribution is 7.89. The Morgan fingerprint density at radius 3 is 2.42 bits per heavy atom. The van der Waals surface area contributed by atoms with E-state index in [1.54, 1.807) is 7.05 Å². The summed E-state index contributed by atoms with van der Waals surface area (Å²) in [4.78, 5) is 53.7. The Balaban J connectivity index is 1.41. The number of carbonyl (C=O) groups excluding carboxylic acids is 2. The van der Waals surface area contributed by atoms with Crippen molar-refractivity contribution >= 4 is 32.7 Å². The summed E-state index contributed by atoms with van der Waals surface area (Å²) in [5, 5.41) is 3.37. The van der Waals surface area contributed by atoms with Gasteiger partial charge in [0.15, 0.2) is 0 Å². The summed E-state index contributed by atoms with van der Waals surface area (Å²) < 4.78 is 31.7. The number of sulfonamides is 1. The lowest BCUT2D eigenvalue weighted by atomic mass is 9.78. The number of aromatic nitrogens is 2. The number of carbonyl (C=O) groups is 2. The minimum atomic E-state index is -3.95. The van der Waals surface area contributed by atoms with E-state index in [0.717, 1.165) is 23.8 Å². The molecule has 2 aromatic rings. The average molecular weight is 616 g/mol. The summed E-state index contributed by atoms with van der Waals surface area (Å²) in [6.45, 7) is 7.39. The Hall–Kier alpha value is -2.99. The monoisotopic (exact) mass is 615 g/mol. The number of nitrogens with one attached hydrogen (secondary N) is 1. The number of rotatable bonds is 3. The van der Waals surface area contributed by atoms with Crippen LogP contribution in [0.4, 0.5) is 0 Å². The topological polar surface area (TPSA) is 131 Å². The molecule has 3 saturated heterocycles. The first-order chi connectivity index (χ1) is 20.3. The quantitative estimate of drug-likeness (QED) is 0.564. The van der Waals surface area contributed by atoms with Gasteiger partial charge in [-0.05, 0) is 74.0 Å². The van der Waals surface area contributed by atoms with E-state index in [2.05, 4.69) is 26.1 Å². The van der Waals surface area contributed by atoms with Crippen molar-refractivity contribution in [3.63, 3.8) is 0 Å². The molecule has 2 amide bonds. The molecule has 3 aliphatic heterocycles. The number of hydrogen-bond donors (Lipinski definition) is 1. The van der Waals surface area contributed by atoms with Gasteiger partial charge in [-0.3, -0.25) is 23.5 Å². The summed E-state index contributed by atoms with van der Waals surface area (Å²) in [6.07, 6.45) is 4.63. The van der Waals surface area contributed by atoms with Gasteiger partial charge in [0, 0.05) is 58.7 Å². The lowest BCUT2D eigenvalue weighted by Crippen LogP contribution is -2.60. The molecule has 43 heavy (non-hydrogen) atoms. The minimum Gasteiger partial charge on any atom is -0.353 e. The van der Waals surface area contributed by atoms with E-state index >= 15 is 0 Å². The van der Waals surface area contributed by atoms with Gasteiger partial charge >= 0.3 is 5.69 Å². The van der Waals surface area contributed by atoms with Crippen LogP contribution in [-0.4, -0.2) is 70.3 Å². The summed E-state index contributed by atoms with van der Waals surface area (Å²) in [7, 11) is -1.02. The second-order valence-electron chi connectivity index (χ2n) is 13.4. The minimum absolute atomic E-state index is 0.00230. The number of fused-ring (bicyclic) bond motifs is 5. The van der Waals surface area contributed by atoms with Gasteiger partial charge in [0.25, 0.3) is 5.56 Å². The fourth-order valence-electron chi connectivity index (χ4n) is 7.34. The largest absolute Gasteiger partial charge is 0.353 e. The maximum absolute atomic E-state index is 14.0. The Kier molecular flexibility index (Phi) is 8.91. The maximum atomic E-state index is 14.0.